The number of carbonyl (C=O) groups is 3. The number of nitrogens with one attached hydrogen (secondary N) is 2. The number of hydrogen-bond donors (Lipinski definition) is 2. The summed E-state index contributed by atoms with van der Waals surface area (Å²) in [6.07, 6.45) is 0.470. The van der Waals surface area contributed by atoms with Gasteiger partial charge in [0.2, 0.25) is 11.8 Å². The summed E-state index contributed by atoms with van der Waals surface area (Å²) in [6, 6.07) is 16.5. The van der Waals surface area contributed by atoms with Gasteiger partial charge in [0.05, 0.1) is 17.4 Å². The van der Waals surface area contributed by atoms with Crippen LogP contribution in [0.15, 0.2) is 64.6 Å². The van der Waals surface area contributed by atoms with E-state index in [-0.39, 0.29) is 29.6 Å². The number of para-hydroxylation sites is 1. The Hall–Kier alpha value is -3.13. The molecule has 0 radical (unpaired) electrons. The van der Waals surface area contributed by atoms with E-state index in [1.165, 1.54) is 16.8 Å². The van der Waals surface area contributed by atoms with Gasteiger partial charge in [-0.2, -0.15) is 10.1 Å². The standard InChI is InChI=1S/C24H28N4O3S/c1-16(32-19-12-8-9-17(13-19)25-21(29)15-24(2,3)4)23(31)26-20-14-22(30)28(27-20)18-10-6-5-7-11-18/h5-13,16H,14-15H2,1-4H3,(H,25,29)(H,26,27,31). The number of carbonyl (C=O) groups excluding carboxylic acids is 3. The molecule has 0 bridgehead atoms. The van der Waals surface area contributed by atoms with Crippen molar-refractivity contribution in [2.24, 2.45) is 10.5 Å². The number of amides is 3. The molecule has 0 saturated heterocycles. The molecule has 3 rings (SSSR count). The fraction of sp³-hybridized carbons (Fsp3) is 0.333. The minimum atomic E-state index is -0.417. The van der Waals surface area contributed by atoms with Crippen LogP contribution in [0.5, 0.6) is 0 Å². The maximum Gasteiger partial charge on any atom is 0.255 e. The molecule has 0 aromatic heterocycles. The number of hydrogen-bond acceptors (Lipinski definition) is 5. The second-order valence-corrected chi connectivity index (χ2v) is 10.2. The Kier molecular flexibility index (Phi) is 7.35. The van der Waals surface area contributed by atoms with E-state index in [9.17, 15) is 14.4 Å². The Labute approximate surface area is 192 Å². The molecule has 0 fully saturated rings. The molecule has 1 heterocycles. The summed E-state index contributed by atoms with van der Waals surface area (Å²) in [4.78, 5) is 38.0. The molecule has 3 amide bonds. The van der Waals surface area contributed by atoms with Crippen molar-refractivity contribution in [3.63, 3.8) is 0 Å². The summed E-state index contributed by atoms with van der Waals surface area (Å²) in [6.45, 7) is 7.83. The first-order chi connectivity index (χ1) is 15.1. The third kappa shape index (κ3) is 6.68. The number of benzene rings is 2. The number of rotatable bonds is 6. The van der Waals surface area contributed by atoms with E-state index in [0.29, 0.717) is 23.6 Å². The molecular weight excluding hydrogens is 424 g/mol. The minimum absolute atomic E-state index is 0.0441. The van der Waals surface area contributed by atoms with Gasteiger partial charge in [-0.25, -0.2) is 0 Å². The molecule has 7 nitrogen and oxygen atoms in total. The molecular formula is C24H28N4O3S. The van der Waals surface area contributed by atoms with Crippen LogP contribution in [0.4, 0.5) is 11.4 Å². The first kappa shape index (κ1) is 23.5. The van der Waals surface area contributed by atoms with Crippen molar-refractivity contribution in [2.45, 2.75) is 50.7 Å². The molecule has 0 saturated carbocycles. The van der Waals surface area contributed by atoms with Gasteiger partial charge in [-0.15, -0.1) is 11.8 Å². The van der Waals surface area contributed by atoms with Crippen LogP contribution in [0.2, 0.25) is 0 Å². The van der Waals surface area contributed by atoms with E-state index in [0.717, 1.165) is 4.90 Å². The summed E-state index contributed by atoms with van der Waals surface area (Å²) in [5, 5.41) is 10.8. The highest BCUT2D eigenvalue weighted by Gasteiger charge is 2.27. The van der Waals surface area contributed by atoms with Gasteiger partial charge in [-0.1, -0.05) is 45.0 Å². The summed E-state index contributed by atoms with van der Waals surface area (Å²) >= 11 is 1.37. The van der Waals surface area contributed by atoms with Gasteiger partial charge in [0.25, 0.3) is 5.91 Å². The van der Waals surface area contributed by atoms with Crippen molar-refractivity contribution in [3.05, 3.63) is 54.6 Å². The van der Waals surface area contributed by atoms with Crippen molar-refractivity contribution < 1.29 is 14.4 Å². The van der Waals surface area contributed by atoms with Gasteiger partial charge in [0.1, 0.15) is 5.84 Å². The normalized spacial score (nSPS) is 14.7. The Bertz CT molecular complexity index is 1030. The lowest BCUT2D eigenvalue weighted by atomic mass is 9.92. The monoisotopic (exact) mass is 452 g/mol. The van der Waals surface area contributed by atoms with Crippen LogP contribution < -0.4 is 15.6 Å². The third-order valence-electron chi connectivity index (χ3n) is 4.53. The maximum absolute atomic E-state index is 12.7. The first-order valence-electron chi connectivity index (χ1n) is 10.4. The fourth-order valence-electron chi connectivity index (χ4n) is 3.11. The van der Waals surface area contributed by atoms with Gasteiger partial charge < -0.3 is 10.6 Å². The number of nitrogens with zero attached hydrogens (tertiary/aromatic N) is 2. The Balaban J connectivity index is 1.58. The Morgan fingerprint density at radius 3 is 2.50 bits per heavy atom. The zero-order valence-corrected chi connectivity index (χ0v) is 19.5. The van der Waals surface area contributed by atoms with Gasteiger partial charge >= 0.3 is 0 Å². The molecule has 0 spiro atoms. The highest BCUT2D eigenvalue weighted by atomic mass is 32.2. The second-order valence-electron chi connectivity index (χ2n) is 8.83. The second kappa shape index (κ2) is 9.99. The quantitative estimate of drug-likeness (QED) is 0.635. The van der Waals surface area contributed by atoms with E-state index in [1.807, 2.05) is 63.2 Å². The predicted octanol–water partition coefficient (Wildman–Crippen LogP) is 4.41. The largest absolute Gasteiger partial charge is 0.326 e. The van der Waals surface area contributed by atoms with Crippen molar-refractivity contribution in [2.75, 3.05) is 10.3 Å². The fourth-order valence-corrected chi connectivity index (χ4v) is 4.03. The van der Waals surface area contributed by atoms with Crippen LogP contribution in [-0.4, -0.2) is 28.8 Å². The molecule has 2 N–H and O–H groups in total. The van der Waals surface area contributed by atoms with Crippen molar-refractivity contribution in [3.8, 4) is 0 Å². The zero-order valence-electron chi connectivity index (χ0n) is 18.7. The minimum Gasteiger partial charge on any atom is -0.326 e. The molecule has 1 aliphatic rings. The molecule has 1 atom stereocenters. The van der Waals surface area contributed by atoms with E-state index in [2.05, 4.69) is 15.7 Å². The number of hydrazone groups is 1. The Morgan fingerprint density at radius 2 is 1.81 bits per heavy atom. The van der Waals surface area contributed by atoms with E-state index >= 15 is 0 Å². The zero-order chi connectivity index (χ0) is 23.3. The predicted molar refractivity (Wildman–Crippen MR) is 129 cm³/mol. The maximum atomic E-state index is 12.7. The lowest BCUT2D eigenvalue weighted by Crippen LogP contribution is -2.35. The van der Waals surface area contributed by atoms with Crippen LogP contribution in [0.1, 0.15) is 40.5 Å². The molecule has 1 unspecified atom stereocenters. The highest BCUT2D eigenvalue weighted by molar-refractivity contribution is 8.00. The van der Waals surface area contributed by atoms with Gasteiger partial charge in [0.15, 0.2) is 0 Å². The van der Waals surface area contributed by atoms with Gasteiger partial charge in [0, 0.05) is 17.0 Å². The van der Waals surface area contributed by atoms with Crippen molar-refractivity contribution >= 4 is 46.7 Å². The Morgan fingerprint density at radius 1 is 1.09 bits per heavy atom. The third-order valence-corrected chi connectivity index (χ3v) is 5.63. The number of thioether (sulfide) groups is 1. The topological polar surface area (TPSA) is 90.9 Å². The van der Waals surface area contributed by atoms with Crippen LogP contribution in [0.3, 0.4) is 0 Å². The molecule has 32 heavy (non-hydrogen) atoms. The first-order valence-corrected chi connectivity index (χ1v) is 11.3. The summed E-state index contributed by atoms with van der Waals surface area (Å²) in [7, 11) is 0. The summed E-state index contributed by atoms with van der Waals surface area (Å²) in [5.74, 6) is -0.138. The lowest BCUT2D eigenvalue weighted by Gasteiger charge is -2.17. The lowest BCUT2D eigenvalue weighted by molar-refractivity contribution is -0.119. The van der Waals surface area contributed by atoms with Crippen LogP contribution in [0, 0.1) is 5.41 Å². The average Bonchev–Trinajstić information content (AvgIpc) is 3.07. The SMILES string of the molecule is CC(Sc1cccc(NC(=O)CC(C)(C)C)c1)C(=O)NC1=NN(c2ccccc2)C(=O)C1. The molecule has 1 aliphatic heterocycles. The van der Waals surface area contributed by atoms with E-state index in [1.54, 1.807) is 19.1 Å². The van der Waals surface area contributed by atoms with E-state index < -0.39 is 5.25 Å². The van der Waals surface area contributed by atoms with E-state index in [4.69, 9.17) is 0 Å². The summed E-state index contributed by atoms with van der Waals surface area (Å²) in [5.41, 5.74) is 1.26. The molecule has 2 aromatic carbocycles. The molecule has 0 aliphatic carbocycles. The molecule has 2 aromatic rings. The van der Waals surface area contributed by atoms with Crippen LogP contribution in [0.25, 0.3) is 0 Å². The highest BCUT2D eigenvalue weighted by Crippen LogP contribution is 2.27. The van der Waals surface area contributed by atoms with Crippen molar-refractivity contribution in [1.29, 1.82) is 0 Å². The van der Waals surface area contributed by atoms with Gasteiger partial charge in [-0.3, -0.25) is 14.4 Å². The molecule has 168 valence electrons. The average molecular weight is 453 g/mol. The van der Waals surface area contributed by atoms with Crippen LogP contribution in [-0.2, 0) is 14.4 Å². The van der Waals surface area contributed by atoms with Crippen molar-refractivity contribution in [1.82, 2.24) is 5.32 Å². The van der Waals surface area contributed by atoms with Crippen LogP contribution >= 0.6 is 11.8 Å². The summed E-state index contributed by atoms with van der Waals surface area (Å²) < 4.78 is 0. The number of anilines is 2. The smallest absolute Gasteiger partial charge is 0.255 e. The van der Waals surface area contributed by atoms with Gasteiger partial charge in [-0.05, 0) is 42.7 Å². The number of amidine groups is 1. The molecule has 8 heteroatoms.